The van der Waals surface area contributed by atoms with Gasteiger partial charge in [0.05, 0.1) is 13.1 Å². The van der Waals surface area contributed by atoms with Gasteiger partial charge >= 0.3 is 5.97 Å². The van der Waals surface area contributed by atoms with Crippen LogP contribution in [0.25, 0.3) is 11.5 Å². The summed E-state index contributed by atoms with van der Waals surface area (Å²) < 4.78 is 5.19. The quantitative estimate of drug-likeness (QED) is 0.831. The average molecular weight is 290 g/mol. The van der Waals surface area contributed by atoms with Crippen molar-refractivity contribution >= 4 is 5.97 Å². The van der Waals surface area contributed by atoms with Crippen molar-refractivity contribution in [3.63, 3.8) is 0 Å². The van der Waals surface area contributed by atoms with E-state index in [0.717, 1.165) is 6.42 Å². The molecule has 0 fully saturated rings. The van der Waals surface area contributed by atoms with Crippen LogP contribution in [-0.2, 0) is 11.3 Å². The van der Waals surface area contributed by atoms with Crippen molar-refractivity contribution in [1.82, 2.24) is 20.0 Å². The van der Waals surface area contributed by atoms with Gasteiger partial charge in [0.2, 0.25) is 11.7 Å². The van der Waals surface area contributed by atoms with E-state index in [2.05, 4.69) is 15.1 Å². The molecule has 0 bridgehead atoms. The van der Waals surface area contributed by atoms with Gasteiger partial charge in [-0.25, -0.2) is 0 Å². The van der Waals surface area contributed by atoms with Gasteiger partial charge < -0.3 is 9.63 Å². The molecule has 1 N–H and O–H groups in total. The molecule has 2 aromatic rings. The Morgan fingerprint density at radius 1 is 1.48 bits per heavy atom. The van der Waals surface area contributed by atoms with Crippen LogP contribution in [-0.4, -0.2) is 43.7 Å². The van der Waals surface area contributed by atoms with Crippen molar-refractivity contribution in [2.45, 2.75) is 32.9 Å². The highest BCUT2D eigenvalue weighted by Crippen LogP contribution is 2.14. The number of hydrogen-bond donors (Lipinski definition) is 1. The predicted octanol–water partition coefficient (Wildman–Crippen LogP) is 1.82. The van der Waals surface area contributed by atoms with Crippen molar-refractivity contribution in [2.75, 3.05) is 6.54 Å². The molecule has 0 saturated heterocycles. The summed E-state index contributed by atoms with van der Waals surface area (Å²) in [6.07, 6.45) is 2.50. The fraction of sp³-hybridized carbons (Fsp3) is 0.429. The Morgan fingerprint density at radius 2 is 2.29 bits per heavy atom. The van der Waals surface area contributed by atoms with E-state index in [1.54, 1.807) is 17.2 Å². The largest absolute Gasteiger partial charge is 0.480 e. The number of hydrogen-bond acceptors (Lipinski definition) is 6. The molecule has 0 aliphatic rings. The summed E-state index contributed by atoms with van der Waals surface area (Å²) in [5.74, 6) is -0.0815. The molecule has 21 heavy (non-hydrogen) atoms. The lowest BCUT2D eigenvalue weighted by molar-refractivity contribution is -0.139. The van der Waals surface area contributed by atoms with Crippen LogP contribution < -0.4 is 0 Å². The molecule has 1 atom stereocenters. The van der Waals surface area contributed by atoms with Crippen LogP contribution in [0.3, 0.4) is 0 Å². The molecule has 0 aliphatic carbocycles. The van der Waals surface area contributed by atoms with Gasteiger partial charge in [-0.1, -0.05) is 18.1 Å². The van der Waals surface area contributed by atoms with Gasteiger partial charge in [-0.2, -0.15) is 4.98 Å². The van der Waals surface area contributed by atoms with E-state index in [4.69, 9.17) is 9.63 Å². The molecule has 0 aromatic carbocycles. The maximum absolute atomic E-state index is 10.9. The zero-order valence-electron chi connectivity index (χ0n) is 12.1. The number of nitrogens with zero attached hydrogens (tertiary/aromatic N) is 4. The molecule has 7 nitrogen and oxygen atoms in total. The standard InChI is InChI=1S/C14H18N4O3/c1-3-10(2)18(9-13(19)20)8-12-16-14(17-21-12)11-6-4-5-7-15-11/h4-7,10H,3,8-9H2,1-2H3,(H,19,20). The van der Waals surface area contributed by atoms with Gasteiger partial charge in [0, 0.05) is 12.2 Å². The second-order valence-electron chi connectivity index (χ2n) is 4.78. The minimum atomic E-state index is -0.875. The summed E-state index contributed by atoms with van der Waals surface area (Å²) in [6.45, 7) is 4.23. The number of carboxylic acid groups (broad SMARTS) is 1. The zero-order chi connectivity index (χ0) is 15.2. The Balaban J connectivity index is 2.11. The number of carboxylic acids is 1. The van der Waals surface area contributed by atoms with Crippen LogP contribution >= 0.6 is 0 Å². The third-order valence-corrected chi connectivity index (χ3v) is 3.25. The SMILES string of the molecule is CCC(C)N(CC(=O)O)Cc1nc(-c2ccccn2)no1. The van der Waals surface area contributed by atoms with Crippen molar-refractivity contribution in [3.8, 4) is 11.5 Å². The summed E-state index contributed by atoms with van der Waals surface area (Å²) >= 11 is 0. The third-order valence-electron chi connectivity index (χ3n) is 3.25. The summed E-state index contributed by atoms with van der Waals surface area (Å²) in [6, 6.07) is 5.56. The van der Waals surface area contributed by atoms with Crippen molar-refractivity contribution in [3.05, 3.63) is 30.3 Å². The number of aromatic nitrogens is 3. The zero-order valence-corrected chi connectivity index (χ0v) is 12.1. The lowest BCUT2D eigenvalue weighted by atomic mass is 10.2. The highest BCUT2D eigenvalue weighted by molar-refractivity contribution is 5.69. The van der Waals surface area contributed by atoms with E-state index in [-0.39, 0.29) is 12.6 Å². The van der Waals surface area contributed by atoms with Gasteiger partial charge in [-0.15, -0.1) is 0 Å². The molecular weight excluding hydrogens is 272 g/mol. The van der Waals surface area contributed by atoms with Gasteiger partial charge in [0.1, 0.15) is 5.69 Å². The second-order valence-corrected chi connectivity index (χ2v) is 4.78. The van der Waals surface area contributed by atoms with E-state index in [0.29, 0.717) is 24.0 Å². The van der Waals surface area contributed by atoms with Gasteiger partial charge in [0.25, 0.3) is 0 Å². The second kappa shape index (κ2) is 6.94. The Hall–Kier alpha value is -2.28. The predicted molar refractivity (Wildman–Crippen MR) is 75.3 cm³/mol. The molecule has 0 radical (unpaired) electrons. The summed E-state index contributed by atoms with van der Waals surface area (Å²) in [4.78, 5) is 21.1. The minimum Gasteiger partial charge on any atom is -0.480 e. The normalized spacial score (nSPS) is 12.5. The molecular formula is C14H18N4O3. The Bertz CT molecular complexity index is 585. The van der Waals surface area contributed by atoms with Crippen molar-refractivity contribution in [2.24, 2.45) is 0 Å². The van der Waals surface area contributed by atoms with Crippen LogP contribution in [0.5, 0.6) is 0 Å². The maximum atomic E-state index is 10.9. The molecule has 0 amide bonds. The number of rotatable bonds is 7. The van der Waals surface area contributed by atoms with Gasteiger partial charge in [-0.05, 0) is 25.5 Å². The molecule has 2 rings (SSSR count). The monoisotopic (exact) mass is 290 g/mol. The maximum Gasteiger partial charge on any atom is 0.317 e. The topological polar surface area (TPSA) is 92.4 Å². The molecule has 112 valence electrons. The smallest absolute Gasteiger partial charge is 0.317 e. The molecule has 1 unspecified atom stereocenters. The number of carbonyl (C=O) groups is 1. The molecule has 2 heterocycles. The van der Waals surface area contributed by atoms with E-state index in [9.17, 15) is 4.79 Å². The molecule has 0 spiro atoms. The highest BCUT2D eigenvalue weighted by atomic mass is 16.5. The molecule has 7 heteroatoms. The van der Waals surface area contributed by atoms with Gasteiger partial charge in [-0.3, -0.25) is 14.7 Å². The fourth-order valence-electron chi connectivity index (χ4n) is 1.89. The average Bonchev–Trinajstić information content (AvgIpc) is 2.95. The highest BCUT2D eigenvalue weighted by Gasteiger charge is 2.19. The summed E-state index contributed by atoms with van der Waals surface area (Å²) in [7, 11) is 0. The number of aliphatic carboxylic acids is 1. The first-order valence-electron chi connectivity index (χ1n) is 6.80. The van der Waals surface area contributed by atoms with E-state index < -0.39 is 5.97 Å². The lowest BCUT2D eigenvalue weighted by Crippen LogP contribution is -2.36. The summed E-state index contributed by atoms with van der Waals surface area (Å²) in [5, 5.41) is 12.9. The molecule has 2 aromatic heterocycles. The van der Waals surface area contributed by atoms with Crippen LogP contribution in [0, 0.1) is 0 Å². The van der Waals surface area contributed by atoms with Crippen LogP contribution in [0.4, 0.5) is 0 Å². The van der Waals surface area contributed by atoms with Crippen LogP contribution in [0.1, 0.15) is 26.2 Å². The fourth-order valence-corrected chi connectivity index (χ4v) is 1.89. The Kier molecular flexibility index (Phi) is 4.99. The van der Waals surface area contributed by atoms with Crippen molar-refractivity contribution < 1.29 is 14.4 Å². The summed E-state index contributed by atoms with van der Waals surface area (Å²) in [5.41, 5.74) is 0.626. The number of pyridine rings is 1. The van der Waals surface area contributed by atoms with E-state index in [1.165, 1.54) is 0 Å². The molecule has 0 aliphatic heterocycles. The minimum absolute atomic E-state index is 0.0592. The Morgan fingerprint density at radius 3 is 2.90 bits per heavy atom. The van der Waals surface area contributed by atoms with Crippen molar-refractivity contribution in [1.29, 1.82) is 0 Å². The first-order chi connectivity index (χ1) is 10.1. The first kappa shape index (κ1) is 15.1. The Labute approximate surface area is 122 Å². The van der Waals surface area contributed by atoms with E-state index >= 15 is 0 Å². The van der Waals surface area contributed by atoms with E-state index in [1.807, 2.05) is 26.0 Å². The van der Waals surface area contributed by atoms with Crippen LogP contribution in [0.2, 0.25) is 0 Å². The third kappa shape index (κ3) is 4.09. The lowest BCUT2D eigenvalue weighted by Gasteiger charge is -2.24. The van der Waals surface area contributed by atoms with Gasteiger partial charge in [0.15, 0.2) is 0 Å². The molecule has 0 saturated carbocycles. The first-order valence-corrected chi connectivity index (χ1v) is 6.80. The van der Waals surface area contributed by atoms with Crippen LogP contribution in [0.15, 0.2) is 28.9 Å².